The van der Waals surface area contributed by atoms with E-state index in [0.29, 0.717) is 12.6 Å². The maximum atomic E-state index is 5.99. The Bertz CT molecular complexity index is 1010. The van der Waals surface area contributed by atoms with E-state index in [1.54, 1.807) is 0 Å². The molecule has 1 unspecified atom stereocenters. The van der Waals surface area contributed by atoms with Gasteiger partial charge in [-0.2, -0.15) is 5.10 Å². The molecule has 3 aromatic rings. The smallest absolute Gasteiger partial charge is 0.133 e. The minimum atomic E-state index is 0.442. The average molecular weight is 431 g/mol. The van der Waals surface area contributed by atoms with E-state index in [-0.39, 0.29) is 0 Å². The van der Waals surface area contributed by atoms with Crippen LogP contribution in [0.15, 0.2) is 54.6 Å². The number of hydrogen-bond acceptors (Lipinski definition) is 4. The molecule has 1 aromatic heterocycles. The second-order valence-electron chi connectivity index (χ2n) is 8.92. The summed E-state index contributed by atoms with van der Waals surface area (Å²) in [4.78, 5) is 2.61. The van der Waals surface area contributed by atoms with Crippen LogP contribution in [0.2, 0.25) is 0 Å². The van der Waals surface area contributed by atoms with Crippen LogP contribution in [-0.2, 0) is 13.0 Å². The Hall–Kier alpha value is -2.79. The summed E-state index contributed by atoms with van der Waals surface area (Å²) in [6, 6.07) is 19.1. The van der Waals surface area contributed by atoms with Crippen molar-refractivity contribution in [2.45, 2.75) is 58.1 Å². The molecule has 3 heterocycles. The normalized spacial score (nSPS) is 19.1. The topological polar surface area (TPSA) is 42.3 Å². The van der Waals surface area contributed by atoms with Gasteiger partial charge in [-0.15, -0.1) is 0 Å². The standard InChI is InChI=1S/C27H34N4O/c1-2-30-19-9-7-13-25(30)26-24-12-6-8-18-28-27(24)31(29-26)22-14-16-23(17-15-22)32-20-21-10-4-3-5-11-21/h3-5,10-11,14-17,25,28H,2,6-9,12-13,18-20H2,1H3. The van der Waals surface area contributed by atoms with Crippen molar-refractivity contribution < 1.29 is 4.74 Å². The molecule has 2 aromatic carbocycles. The Balaban J connectivity index is 1.42. The summed E-state index contributed by atoms with van der Waals surface area (Å²) < 4.78 is 8.13. The molecule has 5 rings (SSSR count). The second kappa shape index (κ2) is 9.78. The zero-order chi connectivity index (χ0) is 21.8. The number of fused-ring (bicyclic) bond motifs is 1. The van der Waals surface area contributed by atoms with Crippen molar-refractivity contribution in [1.29, 1.82) is 0 Å². The molecule has 0 spiro atoms. The van der Waals surface area contributed by atoms with Gasteiger partial charge in [0.1, 0.15) is 18.2 Å². The van der Waals surface area contributed by atoms with Crippen molar-refractivity contribution in [2.75, 3.05) is 25.0 Å². The summed E-state index contributed by atoms with van der Waals surface area (Å²) in [7, 11) is 0. The van der Waals surface area contributed by atoms with Gasteiger partial charge in [-0.3, -0.25) is 4.90 Å². The van der Waals surface area contributed by atoms with Gasteiger partial charge in [0, 0.05) is 12.1 Å². The monoisotopic (exact) mass is 430 g/mol. The zero-order valence-electron chi connectivity index (χ0n) is 19.1. The summed E-state index contributed by atoms with van der Waals surface area (Å²) in [5.74, 6) is 2.07. The molecular formula is C27H34N4O. The van der Waals surface area contributed by atoms with Gasteiger partial charge in [0.05, 0.1) is 17.4 Å². The number of nitrogens with one attached hydrogen (secondary N) is 1. The average Bonchev–Trinajstić information content (AvgIpc) is 3.04. The third kappa shape index (κ3) is 4.40. The molecule has 168 valence electrons. The summed E-state index contributed by atoms with van der Waals surface area (Å²) in [6.45, 7) is 6.15. The lowest BCUT2D eigenvalue weighted by atomic mass is 9.95. The highest BCUT2D eigenvalue weighted by molar-refractivity contribution is 5.55. The number of likely N-dealkylation sites (tertiary alicyclic amines) is 1. The number of aromatic nitrogens is 2. The predicted octanol–water partition coefficient (Wildman–Crippen LogP) is 5.75. The van der Waals surface area contributed by atoms with Gasteiger partial charge < -0.3 is 10.1 Å². The number of anilines is 1. The summed E-state index contributed by atoms with van der Waals surface area (Å²) >= 11 is 0. The first kappa shape index (κ1) is 21.1. The Kier molecular flexibility index (Phi) is 6.44. The minimum Gasteiger partial charge on any atom is -0.489 e. The maximum absolute atomic E-state index is 5.99. The summed E-state index contributed by atoms with van der Waals surface area (Å²) in [5.41, 5.74) is 4.99. The first-order valence-corrected chi connectivity index (χ1v) is 12.2. The van der Waals surface area contributed by atoms with E-state index in [2.05, 4.69) is 58.2 Å². The number of benzene rings is 2. The van der Waals surface area contributed by atoms with E-state index in [0.717, 1.165) is 30.9 Å². The van der Waals surface area contributed by atoms with Crippen molar-refractivity contribution >= 4 is 5.82 Å². The van der Waals surface area contributed by atoms with Crippen molar-refractivity contribution in [2.24, 2.45) is 0 Å². The molecule has 1 atom stereocenters. The highest BCUT2D eigenvalue weighted by Crippen LogP contribution is 2.37. The van der Waals surface area contributed by atoms with Crippen LogP contribution in [-0.4, -0.2) is 34.3 Å². The molecular weight excluding hydrogens is 396 g/mol. The van der Waals surface area contributed by atoms with Crippen LogP contribution < -0.4 is 10.1 Å². The molecule has 0 amide bonds. The highest BCUT2D eigenvalue weighted by atomic mass is 16.5. The first-order valence-electron chi connectivity index (χ1n) is 12.2. The van der Waals surface area contributed by atoms with Crippen molar-refractivity contribution in [3.63, 3.8) is 0 Å². The zero-order valence-corrected chi connectivity index (χ0v) is 19.1. The molecule has 0 aliphatic carbocycles. The van der Waals surface area contributed by atoms with E-state index in [1.165, 1.54) is 61.3 Å². The van der Waals surface area contributed by atoms with Gasteiger partial charge in [0.25, 0.3) is 0 Å². The van der Waals surface area contributed by atoms with Crippen LogP contribution in [0.5, 0.6) is 5.75 Å². The Labute approximate surface area is 191 Å². The van der Waals surface area contributed by atoms with Gasteiger partial charge in [0.15, 0.2) is 0 Å². The SMILES string of the molecule is CCN1CCCCC1c1nn(-c2ccc(OCc3ccccc3)cc2)c2c1CCCCN2. The van der Waals surface area contributed by atoms with Gasteiger partial charge >= 0.3 is 0 Å². The molecule has 0 radical (unpaired) electrons. The van der Waals surface area contributed by atoms with Crippen molar-refractivity contribution in [3.05, 3.63) is 71.4 Å². The lowest BCUT2D eigenvalue weighted by Gasteiger charge is -2.34. The van der Waals surface area contributed by atoms with Crippen LogP contribution in [0.4, 0.5) is 5.82 Å². The molecule has 0 bridgehead atoms. The predicted molar refractivity (Wildman–Crippen MR) is 130 cm³/mol. The molecule has 1 fully saturated rings. The number of nitrogens with zero attached hydrogens (tertiary/aromatic N) is 3. The van der Waals surface area contributed by atoms with Crippen molar-refractivity contribution in [3.8, 4) is 11.4 Å². The highest BCUT2D eigenvalue weighted by Gasteiger charge is 2.30. The number of hydrogen-bond donors (Lipinski definition) is 1. The van der Waals surface area contributed by atoms with E-state index in [1.807, 2.05) is 18.2 Å². The number of piperidine rings is 1. The van der Waals surface area contributed by atoms with Crippen molar-refractivity contribution in [1.82, 2.24) is 14.7 Å². The second-order valence-corrected chi connectivity index (χ2v) is 8.92. The lowest BCUT2D eigenvalue weighted by molar-refractivity contribution is 0.152. The van der Waals surface area contributed by atoms with Gasteiger partial charge in [-0.05, 0) is 75.0 Å². The fourth-order valence-corrected chi connectivity index (χ4v) is 5.09. The van der Waals surface area contributed by atoms with Crippen LogP contribution in [0.25, 0.3) is 5.69 Å². The Morgan fingerprint density at radius 2 is 1.84 bits per heavy atom. The van der Waals surface area contributed by atoms with Crippen LogP contribution in [0.1, 0.15) is 61.9 Å². The third-order valence-electron chi connectivity index (χ3n) is 6.83. The molecule has 1 saturated heterocycles. The molecule has 5 heteroatoms. The largest absolute Gasteiger partial charge is 0.489 e. The molecule has 5 nitrogen and oxygen atoms in total. The number of rotatable bonds is 6. The molecule has 32 heavy (non-hydrogen) atoms. The number of ether oxygens (including phenoxy) is 1. The van der Waals surface area contributed by atoms with Gasteiger partial charge in [-0.25, -0.2) is 4.68 Å². The van der Waals surface area contributed by atoms with E-state index >= 15 is 0 Å². The lowest BCUT2D eigenvalue weighted by Crippen LogP contribution is -2.33. The van der Waals surface area contributed by atoms with Crippen LogP contribution in [0.3, 0.4) is 0 Å². The van der Waals surface area contributed by atoms with Gasteiger partial charge in [0.2, 0.25) is 0 Å². The first-order chi connectivity index (χ1) is 15.8. The molecule has 0 saturated carbocycles. The fourth-order valence-electron chi connectivity index (χ4n) is 5.09. The van der Waals surface area contributed by atoms with E-state index in [4.69, 9.17) is 9.84 Å². The fraction of sp³-hybridized carbons (Fsp3) is 0.444. The third-order valence-corrected chi connectivity index (χ3v) is 6.83. The molecule has 2 aliphatic rings. The molecule has 1 N–H and O–H groups in total. The summed E-state index contributed by atoms with van der Waals surface area (Å²) in [6.07, 6.45) is 7.36. The van der Waals surface area contributed by atoms with Gasteiger partial charge in [-0.1, -0.05) is 43.7 Å². The minimum absolute atomic E-state index is 0.442. The van der Waals surface area contributed by atoms with Crippen LogP contribution in [0, 0.1) is 0 Å². The Morgan fingerprint density at radius 1 is 1.00 bits per heavy atom. The molecule has 2 aliphatic heterocycles. The maximum Gasteiger partial charge on any atom is 0.133 e. The van der Waals surface area contributed by atoms with E-state index in [9.17, 15) is 0 Å². The Morgan fingerprint density at radius 3 is 2.66 bits per heavy atom. The van der Waals surface area contributed by atoms with E-state index < -0.39 is 0 Å². The quantitative estimate of drug-likeness (QED) is 0.541. The van der Waals surface area contributed by atoms with Crippen LogP contribution >= 0.6 is 0 Å². The summed E-state index contributed by atoms with van der Waals surface area (Å²) in [5, 5.41) is 8.92.